The molecule has 0 saturated heterocycles. The minimum absolute atomic E-state index is 1.12. The second-order valence-electron chi connectivity index (χ2n) is 8.33. The number of anilines is 3. The fourth-order valence-corrected chi connectivity index (χ4v) is 4.80. The molecule has 162 valence electrons. The van der Waals surface area contributed by atoms with Crippen LogP contribution in [0.3, 0.4) is 0 Å². The van der Waals surface area contributed by atoms with Gasteiger partial charge in [0.05, 0.1) is 22.4 Å². The third-order valence-electron chi connectivity index (χ3n) is 6.32. The van der Waals surface area contributed by atoms with Gasteiger partial charge < -0.3 is 9.47 Å². The van der Waals surface area contributed by atoms with Crippen molar-refractivity contribution in [2.45, 2.75) is 0 Å². The van der Waals surface area contributed by atoms with Gasteiger partial charge >= 0.3 is 0 Å². The Hall–Kier alpha value is -4.56. The molecule has 0 saturated carbocycles. The first kappa shape index (κ1) is 20.1. The van der Waals surface area contributed by atoms with Crippen molar-refractivity contribution >= 4 is 44.9 Å². The van der Waals surface area contributed by atoms with E-state index in [9.17, 15) is 0 Å². The highest BCUT2D eigenvalue weighted by Gasteiger charge is 2.19. The summed E-state index contributed by atoms with van der Waals surface area (Å²) in [5.74, 6) is 0. The summed E-state index contributed by atoms with van der Waals surface area (Å²) in [6.45, 7) is 3.97. The van der Waals surface area contributed by atoms with Crippen LogP contribution in [0.25, 0.3) is 33.6 Å². The summed E-state index contributed by atoms with van der Waals surface area (Å²) in [6, 6.07) is 45.0. The molecule has 0 radical (unpaired) electrons. The standard InChI is InChI=1S/C32H24N2/c1-2-24-21-22-30-28(23-24)27-17-9-10-18-29(27)34(30)32-20-12-11-19-31(32)33(25-13-5-3-6-14-25)26-15-7-4-8-16-26/h2-23H,1H2. The molecule has 0 aliphatic rings. The van der Waals surface area contributed by atoms with Gasteiger partial charge in [-0.2, -0.15) is 0 Å². The Bertz CT molecular complexity index is 1570. The maximum absolute atomic E-state index is 3.97. The van der Waals surface area contributed by atoms with E-state index < -0.39 is 0 Å². The first-order chi connectivity index (χ1) is 16.8. The fraction of sp³-hybridized carbons (Fsp3) is 0. The maximum Gasteiger partial charge on any atom is 0.0702 e. The van der Waals surface area contributed by atoms with Crippen LogP contribution in [-0.2, 0) is 0 Å². The van der Waals surface area contributed by atoms with E-state index >= 15 is 0 Å². The quantitative estimate of drug-likeness (QED) is 0.262. The molecule has 0 N–H and O–H groups in total. The number of hydrogen-bond acceptors (Lipinski definition) is 1. The lowest BCUT2D eigenvalue weighted by molar-refractivity contribution is 1.15. The van der Waals surface area contributed by atoms with Crippen LogP contribution in [0.15, 0.2) is 134 Å². The Morgan fingerprint density at radius 3 is 1.85 bits per heavy atom. The van der Waals surface area contributed by atoms with Crippen molar-refractivity contribution < 1.29 is 0 Å². The third-order valence-corrected chi connectivity index (χ3v) is 6.32. The van der Waals surface area contributed by atoms with Crippen LogP contribution < -0.4 is 4.90 Å². The molecule has 1 aromatic heterocycles. The molecule has 0 aliphatic carbocycles. The SMILES string of the molecule is C=Cc1ccc2c(c1)c1ccccc1n2-c1ccccc1N(c1ccccc1)c1ccccc1. The fourth-order valence-electron chi connectivity index (χ4n) is 4.80. The number of benzene rings is 5. The van der Waals surface area contributed by atoms with Gasteiger partial charge in [0.2, 0.25) is 0 Å². The average Bonchev–Trinajstić information content (AvgIpc) is 3.24. The van der Waals surface area contributed by atoms with E-state index in [2.05, 4.69) is 143 Å². The Balaban J connectivity index is 1.68. The van der Waals surface area contributed by atoms with Gasteiger partial charge in [-0.05, 0) is 60.2 Å². The van der Waals surface area contributed by atoms with Crippen LogP contribution in [0.1, 0.15) is 5.56 Å². The average molecular weight is 437 g/mol. The Morgan fingerprint density at radius 1 is 0.559 bits per heavy atom. The number of fused-ring (bicyclic) bond motifs is 3. The molecule has 0 fully saturated rings. The molecule has 6 aromatic rings. The number of rotatable bonds is 5. The van der Waals surface area contributed by atoms with Gasteiger partial charge in [0.1, 0.15) is 0 Å². The van der Waals surface area contributed by atoms with Gasteiger partial charge in [0, 0.05) is 22.1 Å². The minimum atomic E-state index is 1.12. The molecule has 0 bridgehead atoms. The van der Waals surface area contributed by atoms with Gasteiger partial charge in [-0.1, -0.05) is 85.5 Å². The van der Waals surface area contributed by atoms with E-state index in [1.807, 2.05) is 6.08 Å². The zero-order valence-corrected chi connectivity index (χ0v) is 18.8. The molecule has 5 aromatic carbocycles. The summed E-state index contributed by atoms with van der Waals surface area (Å²) in [5, 5.41) is 2.47. The van der Waals surface area contributed by atoms with Crippen LogP contribution in [0.5, 0.6) is 0 Å². The smallest absolute Gasteiger partial charge is 0.0702 e. The lowest BCUT2D eigenvalue weighted by atomic mass is 10.1. The van der Waals surface area contributed by atoms with E-state index in [0.29, 0.717) is 0 Å². The van der Waals surface area contributed by atoms with Gasteiger partial charge in [0.25, 0.3) is 0 Å². The topological polar surface area (TPSA) is 8.17 Å². The predicted octanol–water partition coefficient (Wildman–Crippen LogP) is 8.90. The number of para-hydroxylation sites is 5. The highest BCUT2D eigenvalue weighted by atomic mass is 15.2. The summed E-state index contributed by atoms with van der Waals surface area (Å²) >= 11 is 0. The van der Waals surface area contributed by atoms with Crippen LogP contribution in [0.2, 0.25) is 0 Å². The van der Waals surface area contributed by atoms with Crippen LogP contribution >= 0.6 is 0 Å². The molecule has 0 atom stereocenters. The summed E-state index contributed by atoms with van der Waals surface area (Å²) in [5.41, 5.74) is 7.99. The van der Waals surface area contributed by atoms with E-state index in [1.54, 1.807) is 0 Å². The molecular formula is C32H24N2. The van der Waals surface area contributed by atoms with Gasteiger partial charge in [-0.15, -0.1) is 0 Å². The molecule has 0 amide bonds. The molecule has 34 heavy (non-hydrogen) atoms. The maximum atomic E-state index is 3.97. The second kappa shape index (κ2) is 8.42. The van der Waals surface area contributed by atoms with Crippen molar-refractivity contribution in [1.29, 1.82) is 0 Å². The summed E-state index contributed by atoms with van der Waals surface area (Å²) < 4.78 is 2.38. The Labute approximate surface area is 199 Å². The monoisotopic (exact) mass is 436 g/mol. The minimum Gasteiger partial charge on any atom is -0.308 e. The van der Waals surface area contributed by atoms with Gasteiger partial charge in [-0.25, -0.2) is 0 Å². The zero-order valence-electron chi connectivity index (χ0n) is 18.8. The summed E-state index contributed by atoms with van der Waals surface area (Å²) in [4.78, 5) is 2.33. The Morgan fingerprint density at radius 2 is 1.15 bits per heavy atom. The molecule has 2 heteroatoms. The van der Waals surface area contributed by atoms with Crippen molar-refractivity contribution in [3.63, 3.8) is 0 Å². The number of aromatic nitrogens is 1. The molecule has 6 rings (SSSR count). The van der Waals surface area contributed by atoms with Crippen molar-refractivity contribution in [1.82, 2.24) is 4.57 Å². The van der Waals surface area contributed by atoms with Crippen LogP contribution in [0.4, 0.5) is 17.1 Å². The van der Waals surface area contributed by atoms with Crippen molar-refractivity contribution in [2.24, 2.45) is 0 Å². The number of nitrogens with zero attached hydrogens (tertiary/aromatic N) is 2. The zero-order chi connectivity index (χ0) is 22.9. The summed E-state index contributed by atoms with van der Waals surface area (Å²) in [7, 11) is 0. The summed E-state index contributed by atoms with van der Waals surface area (Å²) in [6.07, 6.45) is 1.91. The van der Waals surface area contributed by atoms with Crippen molar-refractivity contribution in [3.8, 4) is 5.69 Å². The first-order valence-electron chi connectivity index (χ1n) is 11.5. The van der Waals surface area contributed by atoms with Crippen molar-refractivity contribution in [2.75, 3.05) is 4.90 Å². The molecular weight excluding hydrogens is 412 g/mol. The lowest BCUT2D eigenvalue weighted by Gasteiger charge is -2.28. The van der Waals surface area contributed by atoms with E-state index in [1.165, 1.54) is 21.8 Å². The largest absolute Gasteiger partial charge is 0.308 e. The molecule has 0 spiro atoms. The first-order valence-corrected chi connectivity index (χ1v) is 11.5. The van der Waals surface area contributed by atoms with Crippen molar-refractivity contribution in [3.05, 3.63) is 140 Å². The lowest BCUT2D eigenvalue weighted by Crippen LogP contribution is -2.12. The molecule has 0 aliphatic heterocycles. The van der Waals surface area contributed by atoms with E-state index in [0.717, 1.165) is 28.3 Å². The van der Waals surface area contributed by atoms with Crippen LogP contribution in [-0.4, -0.2) is 4.57 Å². The van der Waals surface area contributed by atoms with Gasteiger partial charge in [-0.3, -0.25) is 0 Å². The molecule has 2 nitrogen and oxygen atoms in total. The third kappa shape index (κ3) is 3.28. The highest BCUT2D eigenvalue weighted by Crippen LogP contribution is 2.41. The Kier molecular flexibility index (Phi) is 4.97. The second-order valence-corrected chi connectivity index (χ2v) is 8.33. The van der Waals surface area contributed by atoms with Gasteiger partial charge in [0.15, 0.2) is 0 Å². The highest BCUT2D eigenvalue weighted by molar-refractivity contribution is 6.10. The predicted molar refractivity (Wildman–Crippen MR) is 146 cm³/mol. The molecule has 1 heterocycles. The molecule has 0 unspecified atom stereocenters. The normalized spacial score (nSPS) is 11.1. The van der Waals surface area contributed by atoms with Crippen LogP contribution in [0, 0.1) is 0 Å². The number of hydrogen-bond donors (Lipinski definition) is 0. The van der Waals surface area contributed by atoms with E-state index in [4.69, 9.17) is 0 Å². The van der Waals surface area contributed by atoms with E-state index in [-0.39, 0.29) is 0 Å².